The molecule has 2 rings (SSSR count). The van der Waals surface area contributed by atoms with Gasteiger partial charge in [0.2, 0.25) is 0 Å². The molecule has 0 amide bonds. The predicted octanol–water partition coefficient (Wildman–Crippen LogP) is 2.03. The van der Waals surface area contributed by atoms with Gasteiger partial charge in [0, 0.05) is 14.2 Å². The Morgan fingerprint density at radius 2 is 2.24 bits per heavy atom. The van der Waals surface area contributed by atoms with Crippen LogP contribution < -0.4 is 0 Å². The first-order chi connectivity index (χ1) is 8.19. The molecule has 0 atom stereocenters. The maximum atomic E-state index is 5.33. The SMILES string of the molecule is CCCc1nn(C)c2c1[nH]c(=S)n2CCOC. The number of hydrogen-bond donors (Lipinski definition) is 1. The van der Waals surface area contributed by atoms with Gasteiger partial charge in [-0.3, -0.25) is 9.25 Å². The minimum atomic E-state index is 0.648. The first-order valence-corrected chi connectivity index (χ1v) is 6.23. The third-order valence-corrected chi connectivity index (χ3v) is 3.15. The molecule has 6 heteroatoms. The lowest BCUT2D eigenvalue weighted by Gasteiger charge is -2.03. The summed E-state index contributed by atoms with van der Waals surface area (Å²) >= 11 is 5.33. The molecule has 17 heavy (non-hydrogen) atoms. The van der Waals surface area contributed by atoms with Gasteiger partial charge in [0.25, 0.3) is 0 Å². The number of hydrogen-bond acceptors (Lipinski definition) is 3. The Balaban J connectivity index is 2.53. The van der Waals surface area contributed by atoms with Crippen LogP contribution in [0.1, 0.15) is 19.0 Å². The van der Waals surface area contributed by atoms with E-state index in [1.165, 1.54) is 0 Å². The number of aromatic amines is 1. The van der Waals surface area contributed by atoms with Crippen molar-refractivity contribution in [3.8, 4) is 0 Å². The Morgan fingerprint density at radius 3 is 2.88 bits per heavy atom. The third kappa shape index (κ3) is 2.14. The Morgan fingerprint density at radius 1 is 1.47 bits per heavy atom. The van der Waals surface area contributed by atoms with E-state index in [2.05, 4.69) is 17.0 Å². The van der Waals surface area contributed by atoms with Gasteiger partial charge in [0.1, 0.15) is 5.52 Å². The summed E-state index contributed by atoms with van der Waals surface area (Å²) in [5, 5.41) is 4.53. The summed E-state index contributed by atoms with van der Waals surface area (Å²) in [6.07, 6.45) is 2.05. The number of methoxy groups -OCH3 is 1. The van der Waals surface area contributed by atoms with E-state index in [1.54, 1.807) is 7.11 Å². The van der Waals surface area contributed by atoms with Gasteiger partial charge in [-0.15, -0.1) is 0 Å². The minimum absolute atomic E-state index is 0.648. The van der Waals surface area contributed by atoms with E-state index in [9.17, 15) is 0 Å². The molecule has 0 saturated carbocycles. The molecule has 0 unspecified atom stereocenters. The van der Waals surface area contributed by atoms with E-state index in [-0.39, 0.29) is 0 Å². The quantitative estimate of drug-likeness (QED) is 0.831. The molecule has 0 aliphatic carbocycles. The molecule has 0 radical (unpaired) electrons. The molecule has 5 nitrogen and oxygen atoms in total. The standard InChI is InChI=1S/C11H18N4OS/c1-4-5-8-9-10(14(2)13-8)15(6-7-16-3)11(17)12-9/h4-7H2,1-3H3,(H,12,17). The molecule has 0 aliphatic heterocycles. The van der Waals surface area contributed by atoms with Crippen molar-refractivity contribution in [2.75, 3.05) is 13.7 Å². The van der Waals surface area contributed by atoms with E-state index in [0.29, 0.717) is 6.61 Å². The first kappa shape index (κ1) is 12.3. The highest BCUT2D eigenvalue weighted by molar-refractivity contribution is 7.71. The van der Waals surface area contributed by atoms with Gasteiger partial charge in [-0.25, -0.2) is 0 Å². The molecule has 2 heterocycles. The first-order valence-electron chi connectivity index (χ1n) is 5.82. The Labute approximate surface area is 105 Å². The lowest BCUT2D eigenvalue weighted by molar-refractivity contribution is 0.187. The number of rotatable bonds is 5. The van der Waals surface area contributed by atoms with Crippen molar-refractivity contribution in [2.24, 2.45) is 7.05 Å². The van der Waals surface area contributed by atoms with Crippen LogP contribution in [0.25, 0.3) is 11.2 Å². The second-order valence-corrected chi connectivity index (χ2v) is 4.48. The highest BCUT2D eigenvalue weighted by Crippen LogP contribution is 2.18. The van der Waals surface area contributed by atoms with Crippen LogP contribution >= 0.6 is 12.2 Å². The van der Waals surface area contributed by atoms with Crippen molar-refractivity contribution in [2.45, 2.75) is 26.3 Å². The van der Waals surface area contributed by atoms with Gasteiger partial charge in [0.05, 0.1) is 18.8 Å². The summed E-state index contributed by atoms with van der Waals surface area (Å²) in [5.41, 5.74) is 3.21. The lowest BCUT2D eigenvalue weighted by Crippen LogP contribution is -2.07. The molecule has 0 saturated heterocycles. The Hall–Kier alpha value is -1.14. The van der Waals surface area contributed by atoms with Crippen LogP contribution in [0.5, 0.6) is 0 Å². The van der Waals surface area contributed by atoms with Gasteiger partial charge >= 0.3 is 0 Å². The van der Waals surface area contributed by atoms with Crippen molar-refractivity contribution < 1.29 is 4.74 Å². The summed E-state index contributed by atoms with van der Waals surface area (Å²) in [4.78, 5) is 3.25. The maximum Gasteiger partial charge on any atom is 0.179 e. The number of nitrogens with zero attached hydrogens (tertiary/aromatic N) is 3. The van der Waals surface area contributed by atoms with Crippen molar-refractivity contribution in [3.05, 3.63) is 10.5 Å². The fraction of sp³-hybridized carbons (Fsp3) is 0.636. The van der Waals surface area contributed by atoms with Crippen molar-refractivity contribution >= 4 is 23.4 Å². The number of imidazole rings is 1. The van der Waals surface area contributed by atoms with E-state index in [0.717, 1.165) is 41.0 Å². The number of H-pyrrole nitrogens is 1. The van der Waals surface area contributed by atoms with Crippen LogP contribution in [-0.4, -0.2) is 33.0 Å². The zero-order chi connectivity index (χ0) is 12.4. The van der Waals surface area contributed by atoms with Gasteiger partial charge in [-0.2, -0.15) is 5.10 Å². The van der Waals surface area contributed by atoms with E-state index in [1.807, 2.05) is 16.3 Å². The van der Waals surface area contributed by atoms with Crippen LogP contribution in [-0.2, 0) is 24.8 Å². The highest BCUT2D eigenvalue weighted by Gasteiger charge is 2.14. The van der Waals surface area contributed by atoms with Crippen molar-refractivity contribution in [1.82, 2.24) is 19.3 Å². The molecule has 0 spiro atoms. The number of aromatic nitrogens is 4. The molecular weight excluding hydrogens is 236 g/mol. The molecule has 2 aromatic heterocycles. The maximum absolute atomic E-state index is 5.33. The summed E-state index contributed by atoms with van der Waals surface area (Å²) in [6, 6.07) is 0. The smallest absolute Gasteiger partial charge is 0.179 e. The van der Waals surface area contributed by atoms with Crippen LogP contribution in [0.15, 0.2) is 0 Å². The average molecular weight is 254 g/mol. The molecule has 94 valence electrons. The number of nitrogens with one attached hydrogen (secondary N) is 1. The van der Waals surface area contributed by atoms with Crippen LogP contribution in [0, 0.1) is 4.77 Å². The normalized spacial score (nSPS) is 11.5. The molecule has 1 N–H and O–H groups in total. The fourth-order valence-corrected chi connectivity index (χ4v) is 2.36. The van der Waals surface area contributed by atoms with Crippen molar-refractivity contribution in [3.63, 3.8) is 0 Å². The fourth-order valence-electron chi connectivity index (χ4n) is 2.08. The lowest BCUT2D eigenvalue weighted by atomic mass is 10.2. The highest BCUT2D eigenvalue weighted by atomic mass is 32.1. The van der Waals surface area contributed by atoms with E-state index < -0.39 is 0 Å². The van der Waals surface area contributed by atoms with E-state index in [4.69, 9.17) is 17.0 Å². The Bertz CT molecular complexity index is 566. The zero-order valence-electron chi connectivity index (χ0n) is 10.5. The summed E-state index contributed by atoms with van der Waals surface area (Å²) in [7, 11) is 3.65. The third-order valence-electron chi connectivity index (χ3n) is 2.83. The number of ether oxygens (including phenoxy) is 1. The topological polar surface area (TPSA) is 47.8 Å². The van der Waals surface area contributed by atoms with Crippen molar-refractivity contribution in [1.29, 1.82) is 0 Å². The molecular formula is C11H18N4OS. The second-order valence-electron chi connectivity index (χ2n) is 4.09. The van der Waals surface area contributed by atoms with Gasteiger partial charge in [-0.05, 0) is 18.6 Å². The van der Waals surface area contributed by atoms with Crippen LogP contribution in [0.3, 0.4) is 0 Å². The Kier molecular flexibility index (Phi) is 3.63. The number of fused-ring (bicyclic) bond motifs is 1. The predicted molar refractivity (Wildman–Crippen MR) is 69.8 cm³/mol. The van der Waals surface area contributed by atoms with Gasteiger partial charge < -0.3 is 9.72 Å². The van der Waals surface area contributed by atoms with Gasteiger partial charge in [0.15, 0.2) is 10.4 Å². The molecule has 0 bridgehead atoms. The molecule has 0 aliphatic rings. The van der Waals surface area contributed by atoms with E-state index >= 15 is 0 Å². The largest absolute Gasteiger partial charge is 0.383 e. The minimum Gasteiger partial charge on any atom is -0.383 e. The van der Waals surface area contributed by atoms with Gasteiger partial charge in [-0.1, -0.05) is 13.3 Å². The molecule has 2 aromatic rings. The van der Waals surface area contributed by atoms with Crippen LogP contribution in [0.4, 0.5) is 0 Å². The summed E-state index contributed by atoms with van der Waals surface area (Å²) in [6.45, 7) is 3.55. The van der Waals surface area contributed by atoms with Crippen LogP contribution in [0.2, 0.25) is 0 Å². The molecule has 0 aromatic carbocycles. The summed E-state index contributed by atoms with van der Waals surface area (Å²) < 4.78 is 9.77. The number of aryl methyl sites for hydroxylation is 2. The summed E-state index contributed by atoms with van der Waals surface area (Å²) in [5.74, 6) is 0. The zero-order valence-corrected chi connectivity index (χ0v) is 11.3. The monoisotopic (exact) mass is 254 g/mol. The average Bonchev–Trinajstić information content (AvgIpc) is 2.76. The molecule has 0 fully saturated rings. The second kappa shape index (κ2) is 5.01.